The molecule has 9 heteroatoms. The topological polar surface area (TPSA) is 96.0 Å². The maximum absolute atomic E-state index is 15.6. The first kappa shape index (κ1) is 23.9. The van der Waals surface area contributed by atoms with Gasteiger partial charge in [-0.3, -0.25) is 19.7 Å². The Morgan fingerprint density at radius 2 is 1.71 bits per heavy atom. The lowest BCUT2D eigenvalue weighted by molar-refractivity contribution is -0.137. The summed E-state index contributed by atoms with van der Waals surface area (Å²) in [6, 6.07) is 2.56. The molecule has 35 heavy (non-hydrogen) atoms. The molecule has 1 atom stereocenters. The molecule has 1 saturated carbocycles. The van der Waals surface area contributed by atoms with Gasteiger partial charge in [-0.2, -0.15) is 0 Å². The number of carbonyl (C=O) groups is 4. The summed E-state index contributed by atoms with van der Waals surface area (Å²) < 4.78 is 21.9. The summed E-state index contributed by atoms with van der Waals surface area (Å²) in [4.78, 5) is 50.7. The summed E-state index contributed by atoms with van der Waals surface area (Å²) in [6.45, 7) is 1.38. The maximum atomic E-state index is 15.6. The largest absolute Gasteiger partial charge is 0.375 e. The normalized spacial score (nSPS) is 27.7. The van der Waals surface area contributed by atoms with Gasteiger partial charge in [-0.05, 0) is 63.0 Å². The molecule has 188 valence electrons. The molecular weight excluding hydrogens is 453 g/mol. The van der Waals surface area contributed by atoms with Gasteiger partial charge < -0.3 is 19.3 Å². The number of hydrogen-bond acceptors (Lipinski definition) is 6. The fraction of sp³-hybridized carbons (Fsp3) is 0.615. The van der Waals surface area contributed by atoms with E-state index in [0.717, 1.165) is 44.8 Å². The predicted octanol–water partition coefficient (Wildman–Crippen LogP) is 2.72. The van der Waals surface area contributed by atoms with Crippen LogP contribution in [-0.2, 0) is 25.7 Å². The van der Waals surface area contributed by atoms with Crippen molar-refractivity contribution in [3.8, 4) is 0 Å². The predicted molar refractivity (Wildman–Crippen MR) is 125 cm³/mol. The number of fused-ring (bicyclic) bond motifs is 1. The number of nitrogens with one attached hydrogen (secondary N) is 1. The van der Waals surface area contributed by atoms with E-state index in [0.29, 0.717) is 42.2 Å². The van der Waals surface area contributed by atoms with Crippen LogP contribution in [-0.4, -0.2) is 60.2 Å². The number of hydrogen-bond donors (Lipinski definition) is 1. The zero-order chi connectivity index (χ0) is 24.5. The van der Waals surface area contributed by atoms with Crippen molar-refractivity contribution in [2.75, 3.05) is 18.0 Å². The first-order valence-corrected chi connectivity index (χ1v) is 12.7. The van der Waals surface area contributed by atoms with Crippen molar-refractivity contribution in [1.29, 1.82) is 0 Å². The van der Waals surface area contributed by atoms with Crippen molar-refractivity contribution in [3.05, 3.63) is 29.1 Å². The molecule has 0 radical (unpaired) electrons. The van der Waals surface area contributed by atoms with E-state index in [1.54, 1.807) is 12.1 Å². The molecule has 3 aliphatic heterocycles. The number of halogens is 1. The molecule has 3 fully saturated rings. The van der Waals surface area contributed by atoms with Gasteiger partial charge in [0.25, 0.3) is 5.91 Å². The van der Waals surface area contributed by atoms with Crippen molar-refractivity contribution in [2.24, 2.45) is 5.92 Å². The number of anilines is 1. The molecule has 8 nitrogen and oxygen atoms in total. The van der Waals surface area contributed by atoms with Crippen molar-refractivity contribution in [1.82, 2.24) is 10.2 Å². The Labute approximate surface area is 204 Å². The number of amides is 3. The van der Waals surface area contributed by atoms with Gasteiger partial charge in [0.05, 0.1) is 24.4 Å². The Balaban J connectivity index is 1.19. The third kappa shape index (κ3) is 4.83. The number of benzene rings is 1. The van der Waals surface area contributed by atoms with Gasteiger partial charge in [0.2, 0.25) is 11.8 Å². The number of aldehydes is 1. The molecule has 1 unspecified atom stereocenters. The van der Waals surface area contributed by atoms with Crippen LogP contribution in [0.15, 0.2) is 12.1 Å². The summed E-state index contributed by atoms with van der Waals surface area (Å²) in [5, 5.41) is 2.27. The van der Waals surface area contributed by atoms with Crippen LogP contribution >= 0.6 is 0 Å². The Bertz CT molecular complexity index is 1010. The number of rotatable bonds is 6. The molecule has 1 aromatic rings. The molecule has 3 heterocycles. The molecular formula is C26H32FN3O5. The molecule has 4 aliphatic rings. The fourth-order valence-electron chi connectivity index (χ4n) is 5.98. The monoisotopic (exact) mass is 485 g/mol. The molecule has 1 aromatic carbocycles. The highest BCUT2D eigenvalue weighted by Crippen LogP contribution is 2.35. The van der Waals surface area contributed by atoms with E-state index < -0.39 is 17.8 Å². The lowest BCUT2D eigenvalue weighted by Crippen LogP contribution is -2.52. The zero-order valence-corrected chi connectivity index (χ0v) is 19.8. The number of ether oxygens (including phenoxy) is 1. The van der Waals surface area contributed by atoms with Crippen LogP contribution in [0, 0.1) is 11.7 Å². The summed E-state index contributed by atoms with van der Waals surface area (Å²) in [7, 11) is 0. The quantitative estimate of drug-likeness (QED) is 0.492. The maximum Gasteiger partial charge on any atom is 0.255 e. The molecule has 1 aliphatic carbocycles. The van der Waals surface area contributed by atoms with Crippen LogP contribution in [0.3, 0.4) is 0 Å². The summed E-state index contributed by atoms with van der Waals surface area (Å²) >= 11 is 0. The smallest absolute Gasteiger partial charge is 0.255 e. The van der Waals surface area contributed by atoms with E-state index in [4.69, 9.17) is 4.74 Å². The Morgan fingerprint density at radius 3 is 2.40 bits per heavy atom. The van der Waals surface area contributed by atoms with Crippen molar-refractivity contribution in [2.45, 2.75) is 82.6 Å². The van der Waals surface area contributed by atoms with E-state index >= 15 is 4.39 Å². The van der Waals surface area contributed by atoms with Gasteiger partial charge in [-0.25, -0.2) is 4.39 Å². The molecule has 1 N–H and O–H groups in total. The minimum atomic E-state index is -0.753. The minimum Gasteiger partial charge on any atom is -0.375 e. The van der Waals surface area contributed by atoms with Gasteiger partial charge >= 0.3 is 0 Å². The third-order valence-corrected chi connectivity index (χ3v) is 8.02. The zero-order valence-electron chi connectivity index (χ0n) is 19.8. The van der Waals surface area contributed by atoms with E-state index in [-0.39, 0.29) is 43.4 Å². The Morgan fingerprint density at radius 1 is 1.00 bits per heavy atom. The van der Waals surface area contributed by atoms with Crippen molar-refractivity contribution < 1.29 is 28.3 Å². The molecule has 5 rings (SSSR count). The Hall–Kier alpha value is -2.81. The van der Waals surface area contributed by atoms with Crippen molar-refractivity contribution in [3.63, 3.8) is 0 Å². The van der Waals surface area contributed by atoms with E-state index in [2.05, 4.69) is 5.32 Å². The van der Waals surface area contributed by atoms with Gasteiger partial charge in [-0.1, -0.05) is 0 Å². The number of imide groups is 1. The third-order valence-electron chi connectivity index (χ3n) is 8.02. The van der Waals surface area contributed by atoms with Gasteiger partial charge in [0.15, 0.2) is 5.82 Å². The van der Waals surface area contributed by atoms with Crippen LogP contribution < -0.4 is 10.2 Å². The SMILES string of the molecule is O=CCC1CCC(OC2CCN(c3ccc4c(c3F)CN(C3CCC(=O)NC3=O)C4=O)CC2)CC1. The second-order valence-corrected chi connectivity index (χ2v) is 10.2. The number of carbonyl (C=O) groups excluding carboxylic acids is 4. The van der Waals surface area contributed by atoms with Gasteiger partial charge in [0.1, 0.15) is 12.3 Å². The van der Waals surface area contributed by atoms with E-state index in [9.17, 15) is 19.2 Å². The second kappa shape index (κ2) is 10.0. The van der Waals surface area contributed by atoms with Gasteiger partial charge in [0, 0.05) is 37.1 Å². The highest BCUT2D eigenvalue weighted by atomic mass is 19.1. The standard InChI is InChI=1S/C26H32FN3O5/c27-24-20-15-30(22-7-8-23(32)28-25(22)33)26(34)19(20)5-6-21(24)29-12-9-18(10-13-29)35-17-3-1-16(2-4-17)11-14-31/h5-6,14,16-18,22H,1-4,7-13,15H2,(H,28,32,33). The first-order valence-electron chi connectivity index (χ1n) is 12.7. The molecule has 0 spiro atoms. The Kier molecular flexibility index (Phi) is 6.86. The molecule has 3 amide bonds. The molecule has 0 aromatic heterocycles. The van der Waals surface area contributed by atoms with E-state index in [1.807, 2.05) is 4.90 Å². The second-order valence-electron chi connectivity index (χ2n) is 10.2. The minimum absolute atomic E-state index is 0.0342. The van der Waals surface area contributed by atoms with Crippen LogP contribution in [0.2, 0.25) is 0 Å². The van der Waals surface area contributed by atoms with E-state index in [1.165, 1.54) is 4.90 Å². The van der Waals surface area contributed by atoms with Gasteiger partial charge in [-0.15, -0.1) is 0 Å². The lowest BCUT2D eigenvalue weighted by Gasteiger charge is -2.37. The fourth-order valence-corrected chi connectivity index (χ4v) is 5.98. The van der Waals surface area contributed by atoms with Crippen LogP contribution in [0.4, 0.5) is 10.1 Å². The highest BCUT2D eigenvalue weighted by Gasteiger charge is 2.41. The summed E-state index contributed by atoms with van der Waals surface area (Å²) in [5.41, 5.74) is 1.09. The van der Waals surface area contributed by atoms with Crippen LogP contribution in [0.5, 0.6) is 0 Å². The highest BCUT2D eigenvalue weighted by molar-refractivity contribution is 6.05. The number of piperidine rings is 2. The molecule has 0 bridgehead atoms. The number of nitrogens with zero attached hydrogens (tertiary/aromatic N) is 2. The molecule has 2 saturated heterocycles. The first-order chi connectivity index (χ1) is 16.9. The van der Waals surface area contributed by atoms with Crippen LogP contribution in [0.25, 0.3) is 0 Å². The van der Waals surface area contributed by atoms with Crippen molar-refractivity contribution >= 4 is 29.7 Å². The summed E-state index contributed by atoms with van der Waals surface area (Å²) in [5.74, 6) is -1.12. The summed E-state index contributed by atoms with van der Waals surface area (Å²) in [6.07, 6.45) is 8.18. The lowest BCUT2D eigenvalue weighted by atomic mass is 9.85. The average Bonchev–Trinajstić information content (AvgIpc) is 3.18. The van der Waals surface area contributed by atoms with Crippen LogP contribution in [0.1, 0.15) is 73.7 Å². The average molecular weight is 486 g/mol.